The maximum absolute atomic E-state index is 5.26. The molecular formula is C15H28IN5O. The number of likely N-dealkylation sites (tertiary alicyclic amines) is 1. The second-order valence-electron chi connectivity index (χ2n) is 5.41. The molecule has 1 fully saturated rings. The van der Waals surface area contributed by atoms with E-state index in [9.17, 15) is 0 Å². The van der Waals surface area contributed by atoms with Gasteiger partial charge in [0, 0.05) is 58.1 Å². The molecule has 0 amide bonds. The first kappa shape index (κ1) is 19.2. The van der Waals surface area contributed by atoms with Gasteiger partial charge in [0.1, 0.15) is 0 Å². The lowest BCUT2D eigenvalue weighted by Gasteiger charge is -2.21. The molecule has 1 saturated heterocycles. The molecule has 0 aliphatic carbocycles. The molecule has 126 valence electrons. The molecule has 2 heterocycles. The molecule has 6 nitrogen and oxygen atoms in total. The third-order valence-corrected chi connectivity index (χ3v) is 3.69. The SMILES string of the molecule is CCNC(=NCCCn1cccn1)N1CCC(COC)C1.I. The molecule has 7 heteroatoms. The van der Waals surface area contributed by atoms with E-state index >= 15 is 0 Å². The van der Waals surface area contributed by atoms with Gasteiger partial charge in [-0.1, -0.05) is 0 Å². The summed E-state index contributed by atoms with van der Waals surface area (Å²) < 4.78 is 7.21. The van der Waals surface area contributed by atoms with Crippen molar-refractivity contribution in [2.45, 2.75) is 26.3 Å². The van der Waals surface area contributed by atoms with Crippen molar-refractivity contribution in [3.63, 3.8) is 0 Å². The summed E-state index contributed by atoms with van der Waals surface area (Å²) in [6.07, 6.45) is 6.00. The van der Waals surface area contributed by atoms with Crippen LogP contribution in [0.25, 0.3) is 0 Å². The van der Waals surface area contributed by atoms with Crippen LogP contribution in [-0.4, -0.2) is 60.5 Å². The molecule has 1 unspecified atom stereocenters. The van der Waals surface area contributed by atoms with Crippen molar-refractivity contribution in [3.05, 3.63) is 18.5 Å². The van der Waals surface area contributed by atoms with Crippen molar-refractivity contribution in [1.82, 2.24) is 20.0 Å². The number of aryl methyl sites for hydroxylation is 1. The Bertz CT molecular complexity index is 424. The number of nitrogens with one attached hydrogen (secondary N) is 1. The van der Waals surface area contributed by atoms with Crippen molar-refractivity contribution in [1.29, 1.82) is 0 Å². The summed E-state index contributed by atoms with van der Waals surface area (Å²) in [4.78, 5) is 7.09. The Labute approximate surface area is 150 Å². The van der Waals surface area contributed by atoms with E-state index in [-0.39, 0.29) is 24.0 Å². The van der Waals surface area contributed by atoms with Gasteiger partial charge in [0.15, 0.2) is 5.96 Å². The van der Waals surface area contributed by atoms with E-state index in [0.29, 0.717) is 5.92 Å². The topological polar surface area (TPSA) is 54.7 Å². The lowest BCUT2D eigenvalue weighted by Crippen LogP contribution is -2.40. The Kier molecular flexibility index (Phi) is 9.45. The summed E-state index contributed by atoms with van der Waals surface area (Å²) in [6, 6.07) is 1.95. The highest BCUT2D eigenvalue weighted by molar-refractivity contribution is 14.0. The van der Waals surface area contributed by atoms with Crippen LogP contribution in [0.15, 0.2) is 23.5 Å². The summed E-state index contributed by atoms with van der Waals surface area (Å²) in [5.41, 5.74) is 0. The van der Waals surface area contributed by atoms with Gasteiger partial charge in [0.05, 0.1) is 6.61 Å². The van der Waals surface area contributed by atoms with E-state index in [1.165, 1.54) is 6.42 Å². The lowest BCUT2D eigenvalue weighted by atomic mass is 10.1. The highest BCUT2D eigenvalue weighted by Crippen LogP contribution is 2.16. The first-order valence-electron chi connectivity index (χ1n) is 7.83. The molecule has 22 heavy (non-hydrogen) atoms. The maximum atomic E-state index is 5.26. The molecule has 0 bridgehead atoms. The molecule has 1 atom stereocenters. The predicted molar refractivity (Wildman–Crippen MR) is 99.8 cm³/mol. The first-order valence-corrected chi connectivity index (χ1v) is 7.83. The Morgan fingerprint density at radius 2 is 2.36 bits per heavy atom. The Balaban J connectivity index is 0.00000242. The Hall–Kier alpha value is -0.830. The molecule has 0 aromatic carbocycles. The van der Waals surface area contributed by atoms with Crippen LogP contribution < -0.4 is 5.32 Å². The quantitative estimate of drug-likeness (QED) is 0.316. The number of halogens is 1. The van der Waals surface area contributed by atoms with Crippen LogP contribution >= 0.6 is 24.0 Å². The number of aromatic nitrogens is 2. The Morgan fingerprint density at radius 3 is 3.05 bits per heavy atom. The number of aliphatic imine (C=N–C) groups is 1. The number of ether oxygens (including phenoxy) is 1. The van der Waals surface area contributed by atoms with Crippen LogP contribution in [0.5, 0.6) is 0 Å². The van der Waals surface area contributed by atoms with Gasteiger partial charge in [0.25, 0.3) is 0 Å². The average molecular weight is 421 g/mol. The highest BCUT2D eigenvalue weighted by atomic mass is 127. The van der Waals surface area contributed by atoms with Crippen molar-refractivity contribution in [2.24, 2.45) is 10.9 Å². The van der Waals surface area contributed by atoms with Gasteiger partial charge in [-0.3, -0.25) is 9.67 Å². The lowest BCUT2D eigenvalue weighted by molar-refractivity contribution is 0.157. The number of nitrogens with zero attached hydrogens (tertiary/aromatic N) is 4. The normalized spacial score (nSPS) is 18.4. The minimum atomic E-state index is 0. The fourth-order valence-corrected chi connectivity index (χ4v) is 2.67. The first-order chi connectivity index (χ1) is 10.3. The third-order valence-electron chi connectivity index (χ3n) is 3.69. The van der Waals surface area contributed by atoms with Crippen molar-refractivity contribution in [2.75, 3.05) is 39.9 Å². The zero-order valence-electron chi connectivity index (χ0n) is 13.6. The van der Waals surface area contributed by atoms with Crippen LogP contribution in [0, 0.1) is 5.92 Å². The second kappa shape index (κ2) is 10.8. The van der Waals surface area contributed by atoms with Crippen LogP contribution in [0.4, 0.5) is 0 Å². The summed E-state index contributed by atoms with van der Waals surface area (Å²) >= 11 is 0. The van der Waals surface area contributed by atoms with Crippen LogP contribution in [0.3, 0.4) is 0 Å². The third kappa shape index (κ3) is 6.12. The number of rotatable bonds is 7. The van der Waals surface area contributed by atoms with E-state index in [1.54, 1.807) is 7.11 Å². The molecule has 0 radical (unpaired) electrons. The van der Waals surface area contributed by atoms with Crippen LogP contribution in [0.2, 0.25) is 0 Å². The Morgan fingerprint density at radius 1 is 1.50 bits per heavy atom. The fraction of sp³-hybridized carbons (Fsp3) is 0.733. The van der Waals surface area contributed by atoms with E-state index in [1.807, 2.05) is 23.1 Å². The van der Waals surface area contributed by atoms with Gasteiger partial charge >= 0.3 is 0 Å². The monoisotopic (exact) mass is 421 g/mol. The summed E-state index contributed by atoms with van der Waals surface area (Å²) in [6.45, 7) is 7.72. The molecule has 1 aromatic rings. The molecule has 1 aliphatic heterocycles. The van der Waals surface area contributed by atoms with Gasteiger partial charge in [-0.25, -0.2) is 0 Å². The number of hydrogen-bond acceptors (Lipinski definition) is 3. The molecule has 1 aliphatic rings. The van der Waals surface area contributed by atoms with Crippen LogP contribution in [-0.2, 0) is 11.3 Å². The molecule has 0 saturated carbocycles. The standard InChI is InChI=1S/C15H27N5O.HI/c1-3-16-15(19-11-6-14(12-19)13-21-2)17-7-4-9-20-10-5-8-18-20;/h5,8,10,14H,3-4,6-7,9,11-13H2,1-2H3,(H,16,17);1H. The van der Waals surface area contributed by atoms with Gasteiger partial charge in [0.2, 0.25) is 0 Å². The molecule has 2 rings (SSSR count). The van der Waals surface area contributed by atoms with Crippen molar-refractivity contribution >= 4 is 29.9 Å². The minimum Gasteiger partial charge on any atom is -0.384 e. The van der Waals surface area contributed by atoms with Crippen molar-refractivity contribution < 1.29 is 4.74 Å². The molecule has 0 spiro atoms. The smallest absolute Gasteiger partial charge is 0.193 e. The van der Waals surface area contributed by atoms with Crippen LogP contribution in [0.1, 0.15) is 19.8 Å². The fourth-order valence-electron chi connectivity index (χ4n) is 2.67. The van der Waals surface area contributed by atoms with E-state index < -0.39 is 0 Å². The summed E-state index contributed by atoms with van der Waals surface area (Å²) in [7, 11) is 1.78. The largest absolute Gasteiger partial charge is 0.384 e. The minimum absolute atomic E-state index is 0. The molecule has 1 N–H and O–H groups in total. The molecule has 1 aromatic heterocycles. The van der Waals surface area contributed by atoms with Gasteiger partial charge in [-0.2, -0.15) is 5.10 Å². The predicted octanol–water partition coefficient (Wildman–Crippen LogP) is 1.82. The van der Waals surface area contributed by atoms with E-state index in [2.05, 4.69) is 22.2 Å². The summed E-state index contributed by atoms with van der Waals surface area (Å²) in [5.74, 6) is 1.67. The van der Waals surface area contributed by atoms with Crippen molar-refractivity contribution in [3.8, 4) is 0 Å². The summed E-state index contributed by atoms with van der Waals surface area (Å²) in [5, 5.41) is 7.60. The molecular weight excluding hydrogens is 393 g/mol. The number of guanidine groups is 1. The van der Waals surface area contributed by atoms with Gasteiger partial charge < -0.3 is 15.0 Å². The van der Waals surface area contributed by atoms with Gasteiger partial charge in [-0.15, -0.1) is 24.0 Å². The maximum Gasteiger partial charge on any atom is 0.193 e. The average Bonchev–Trinajstić information content (AvgIpc) is 3.14. The number of methoxy groups -OCH3 is 1. The van der Waals surface area contributed by atoms with Gasteiger partial charge in [-0.05, 0) is 25.8 Å². The second-order valence-corrected chi connectivity index (χ2v) is 5.41. The number of hydrogen-bond donors (Lipinski definition) is 1. The van der Waals surface area contributed by atoms with E-state index in [4.69, 9.17) is 9.73 Å². The van der Waals surface area contributed by atoms with E-state index in [0.717, 1.165) is 51.7 Å². The zero-order valence-corrected chi connectivity index (χ0v) is 15.9. The highest BCUT2D eigenvalue weighted by Gasteiger charge is 2.24. The zero-order chi connectivity index (χ0) is 14.9.